The Balaban J connectivity index is 2.00. The predicted octanol–water partition coefficient (Wildman–Crippen LogP) is -0.280. The summed E-state index contributed by atoms with van der Waals surface area (Å²) in [6.45, 7) is -0.0457. The molecular formula is C13H18O5S. The van der Waals surface area contributed by atoms with Gasteiger partial charge in [0.15, 0.2) is 0 Å². The van der Waals surface area contributed by atoms with Gasteiger partial charge in [-0.2, -0.15) is 0 Å². The summed E-state index contributed by atoms with van der Waals surface area (Å²) < 4.78 is 5.51. The van der Waals surface area contributed by atoms with Gasteiger partial charge in [0.1, 0.15) is 17.6 Å². The summed E-state index contributed by atoms with van der Waals surface area (Å²) in [6, 6.07) is 9.36. The second kappa shape index (κ2) is 6.69. The van der Waals surface area contributed by atoms with Crippen molar-refractivity contribution in [3.05, 3.63) is 35.9 Å². The molecule has 19 heavy (non-hydrogen) atoms. The molecule has 1 aliphatic rings. The number of rotatable bonds is 4. The molecule has 0 amide bonds. The van der Waals surface area contributed by atoms with E-state index in [1.807, 2.05) is 30.3 Å². The molecule has 1 fully saturated rings. The second-order valence-electron chi connectivity index (χ2n) is 4.49. The van der Waals surface area contributed by atoms with Crippen LogP contribution in [0.4, 0.5) is 0 Å². The Labute approximate surface area is 115 Å². The highest BCUT2D eigenvalue weighted by Crippen LogP contribution is 2.32. The van der Waals surface area contributed by atoms with Gasteiger partial charge < -0.3 is 25.2 Å². The molecule has 1 saturated heterocycles. The van der Waals surface area contributed by atoms with Crippen molar-refractivity contribution in [1.82, 2.24) is 0 Å². The van der Waals surface area contributed by atoms with E-state index in [0.29, 0.717) is 0 Å². The monoisotopic (exact) mass is 286 g/mol. The minimum atomic E-state index is -1.17. The van der Waals surface area contributed by atoms with E-state index in [1.165, 1.54) is 0 Å². The molecule has 5 atom stereocenters. The van der Waals surface area contributed by atoms with Gasteiger partial charge in [-0.1, -0.05) is 30.3 Å². The first kappa shape index (κ1) is 14.8. The van der Waals surface area contributed by atoms with Crippen LogP contribution < -0.4 is 0 Å². The van der Waals surface area contributed by atoms with Crippen molar-refractivity contribution < 1.29 is 25.2 Å². The summed E-state index contributed by atoms with van der Waals surface area (Å²) in [5.41, 5.74) is -0.156. The Kier molecular flexibility index (Phi) is 5.20. The molecule has 0 radical (unpaired) electrons. The maximum absolute atomic E-state index is 10.0. The molecule has 0 aromatic heterocycles. The van der Waals surface area contributed by atoms with Crippen LogP contribution in [-0.4, -0.2) is 56.0 Å². The van der Waals surface area contributed by atoms with Crippen LogP contribution in [0.25, 0.3) is 0 Å². The molecule has 1 unspecified atom stereocenters. The molecule has 0 spiro atoms. The predicted molar refractivity (Wildman–Crippen MR) is 71.5 cm³/mol. The van der Waals surface area contributed by atoms with Crippen molar-refractivity contribution >= 4 is 11.8 Å². The van der Waals surface area contributed by atoms with Crippen molar-refractivity contribution in [2.75, 3.05) is 6.61 Å². The quantitative estimate of drug-likeness (QED) is 0.609. The summed E-state index contributed by atoms with van der Waals surface area (Å²) in [5, 5.41) is 38.1. The molecule has 1 heterocycles. The smallest absolute Gasteiger partial charge is 0.128 e. The number of benzene rings is 1. The molecule has 0 aliphatic carbocycles. The van der Waals surface area contributed by atoms with Crippen molar-refractivity contribution in [3.63, 3.8) is 0 Å². The van der Waals surface area contributed by atoms with Gasteiger partial charge in [0, 0.05) is 0 Å². The van der Waals surface area contributed by atoms with Crippen molar-refractivity contribution in [2.24, 2.45) is 0 Å². The van der Waals surface area contributed by atoms with Gasteiger partial charge >= 0.3 is 0 Å². The van der Waals surface area contributed by atoms with Crippen molar-refractivity contribution in [3.8, 4) is 0 Å². The van der Waals surface area contributed by atoms with Crippen molar-refractivity contribution in [2.45, 2.75) is 35.6 Å². The largest absolute Gasteiger partial charge is 0.395 e. The first-order valence-corrected chi connectivity index (χ1v) is 7.04. The van der Waals surface area contributed by atoms with Crippen LogP contribution in [0.15, 0.2) is 30.3 Å². The van der Waals surface area contributed by atoms with E-state index in [0.717, 1.165) is 17.3 Å². The minimum absolute atomic E-state index is 0.231. The van der Waals surface area contributed by atoms with Crippen LogP contribution in [0.3, 0.4) is 0 Å². The Hall–Kier alpha value is -0.630. The highest BCUT2D eigenvalue weighted by atomic mass is 32.2. The number of hydrogen-bond donors (Lipinski definition) is 4. The number of hydrogen-bond acceptors (Lipinski definition) is 6. The average molecular weight is 286 g/mol. The molecule has 106 valence electrons. The summed E-state index contributed by atoms with van der Waals surface area (Å²) in [7, 11) is 0. The highest BCUT2D eigenvalue weighted by molar-refractivity contribution is 8.00. The highest BCUT2D eigenvalue weighted by Gasteiger charge is 2.43. The van der Waals surface area contributed by atoms with E-state index in [9.17, 15) is 15.3 Å². The molecular weight excluding hydrogens is 268 g/mol. The zero-order valence-electron chi connectivity index (χ0n) is 10.3. The van der Waals surface area contributed by atoms with Crippen LogP contribution in [-0.2, 0) is 11.3 Å². The van der Waals surface area contributed by atoms with E-state index in [-0.39, 0.29) is 13.2 Å². The number of ether oxygens (including phenoxy) is 1. The molecule has 4 N–H and O–H groups in total. The van der Waals surface area contributed by atoms with E-state index < -0.39 is 29.0 Å². The van der Waals surface area contributed by atoms with Gasteiger partial charge in [0.25, 0.3) is 0 Å². The first-order chi connectivity index (χ1) is 9.13. The Morgan fingerprint density at radius 2 is 1.74 bits per heavy atom. The molecule has 1 aromatic carbocycles. The lowest BCUT2D eigenvalue weighted by Crippen LogP contribution is -2.55. The van der Waals surface area contributed by atoms with Gasteiger partial charge in [0.2, 0.25) is 0 Å². The average Bonchev–Trinajstić information content (AvgIpc) is 2.44. The van der Waals surface area contributed by atoms with Gasteiger partial charge in [-0.05, 0) is 5.56 Å². The Morgan fingerprint density at radius 3 is 2.37 bits per heavy atom. The summed E-state index contributed by atoms with van der Waals surface area (Å²) in [4.78, 5) is 0. The maximum atomic E-state index is 10.0. The molecule has 1 aromatic rings. The van der Waals surface area contributed by atoms with Crippen LogP contribution in [0, 0.1) is 0 Å². The molecule has 5 nitrogen and oxygen atoms in total. The first-order valence-electron chi connectivity index (χ1n) is 6.09. The normalized spacial score (nSPS) is 35.3. The van der Waals surface area contributed by atoms with Crippen LogP contribution in [0.2, 0.25) is 0 Å². The standard InChI is InChI=1S/C13H18O5S/c14-6-9-10(15)12(11(16)13(17)19-9)18-7-8-4-2-1-3-5-8/h1-5,9-17H,6-7H2/t9-,10+,11+,12-,13?/m0/s1. The fourth-order valence-corrected chi connectivity index (χ4v) is 3.11. The topological polar surface area (TPSA) is 90.2 Å². The fourth-order valence-electron chi connectivity index (χ4n) is 2.03. The molecule has 6 heteroatoms. The number of aliphatic hydroxyl groups excluding tert-OH is 4. The summed E-state index contributed by atoms with van der Waals surface area (Å²) in [5.74, 6) is 0. The van der Waals surface area contributed by atoms with Crippen LogP contribution >= 0.6 is 11.8 Å². The van der Waals surface area contributed by atoms with E-state index in [4.69, 9.17) is 9.84 Å². The Morgan fingerprint density at radius 1 is 1.05 bits per heavy atom. The third kappa shape index (κ3) is 3.47. The lowest BCUT2D eigenvalue weighted by Gasteiger charge is -2.39. The van der Waals surface area contributed by atoms with E-state index >= 15 is 0 Å². The number of aliphatic hydroxyl groups is 4. The summed E-state index contributed by atoms with van der Waals surface area (Å²) in [6.07, 6.45) is -3.10. The lowest BCUT2D eigenvalue weighted by molar-refractivity contribution is -0.133. The molecule has 0 bridgehead atoms. The van der Waals surface area contributed by atoms with Gasteiger partial charge in [-0.3, -0.25) is 0 Å². The second-order valence-corrected chi connectivity index (χ2v) is 5.85. The summed E-state index contributed by atoms with van der Waals surface area (Å²) >= 11 is 0.954. The maximum Gasteiger partial charge on any atom is 0.128 e. The molecule has 0 saturated carbocycles. The third-order valence-corrected chi connectivity index (χ3v) is 4.46. The van der Waals surface area contributed by atoms with Gasteiger partial charge in [-0.15, -0.1) is 11.8 Å². The number of thioether (sulfide) groups is 1. The molecule has 2 rings (SSSR count). The van der Waals surface area contributed by atoms with Gasteiger partial charge in [-0.25, -0.2) is 0 Å². The zero-order valence-corrected chi connectivity index (χ0v) is 11.1. The molecule has 1 aliphatic heterocycles. The lowest BCUT2D eigenvalue weighted by atomic mass is 10.0. The zero-order chi connectivity index (χ0) is 13.8. The fraction of sp³-hybridized carbons (Fsp3) is 0.538. The van der Waals surface area contributed by atoms with Gasteiger partial charge in [0.05, 0.1) is 24.6 Å². The SMILES string of the molecule is OC[C@@H]1SC(O)[C@H](O)[C@@H](OCc2ccccc2)[C@@H]1O. The van der Waals surface area contributed by atoms with E-state index in [2.05, 4.69) is 0 Å². The van der Waals surface area contributed by atoms with Crippen molar-refractivity contribution in [1.29, 1.82) is 0 Å². The van der Waals surface area contributed by atoms with Crippen LogP contribution in [0.5, 0.6) is 0 Å². The third-order valence-electron chi connectivity index (χ3n) is 3.13. The van der Waals surface area contributed by atoms with E-state index in [1.54, 1.807) is 0 Å². The minimum Gasteiger partial charge on any atom is -0.395 e. The van der Waals surface area contributed by atoms with Crippen LogP contribution in [0.1, 0.15) is 5.56 Å². The Bertz CT molecular complexity index is 388.